The maximum atomic E-state index is 10.7. The third-order valence-electron chi connectivity index (χ3n) is 2.21. The highest BCUT2D eigenvalue weighted by molar-refractivity contribution is 6.32. The van der Waals surface area contributed by atoms with Crippen LogP contribution in [-0.4, -0.2) is 18.4 Å². The first-order valence-corrected chi connectivity index (χ1v) is 4.38. The fraction of sp³-hybridized carbons (Fsp3) is 0.778. The van der Waals surface area contributed by atoms with Gasteiger partial charge in [-0.1, -0.05) is 12.8 Å². The zero-order valence-corrected chi connectivity index (χ0v) is 7.34. The van der Waals surface area contributed by atoms with Crippen molar-refractivity contribution in [1.82, 2.24) is 0 Å². The van der Waals surface area contributed by atoms with Gasteiger partial charge in [0.15, 0.2) is 0 Å². The topological polar surface area (TPSA) is 43.4 Å². The van der Waals surface area contributed by atoms with Crippen LogP contribution in [0.4, 0.5) is 0 Å². The molecule has 0 aromatic rings. The second-order valence-electron chi connectivity index (χ2n) is 3.31. The van der Waals surface area contributed by atoms with Crippen LogP contribution in [0.15, 0.2) is 0 Å². The quantitative estimate of drug-likeness (QED) is 0.473. The summed E-state index contributed by atoms with van der Waals surface area (Å²) in [6.07, 6.45) is 4.71. The van der Waals surface area contributed by atoms with Crippen LogP contribution in [0.1, 0.15) is 32.6 Å². The highest BCUT2D eigenvalue weighted by Crippen LogP contribution is 2.24. The average Bonchev–Trinajstić information content (AvgIpc) is 2.51. The van der Waals surface area contributed by atoms with Gasteiger partial charge < -0.3 is 4.74 Å². The lowest BCUT2D eigenvalue weighted by atomic mass is 10.1. The average molecular weight is 170 g/mol. The Morgan fingerprint density at radius 3 is 2.42 bits per heavy atom. The summed E-state index contributed by atoms with van der Waals surface area (Å²) in [5, 5.41) is 0. The standard InChI is InChI=1S/C9H14O3/c1-7(10)9(11)12-6-8-4-2-3-5-8/h8H,2-6H2,1H3. The Balaban J connectivity index is 2.16. The molecule has 3 nitrogen and oxygen atoms in total. The third kappa shape index (κ3) is 2.64. The summed E-state index contributed by atoms with van der Waals surface area (Å²) in [6, 6.07) is 0. The van der Waals surface area contributed by atoms with Crippen molar-refractivity contribution in [3.05, 3.63) is 0 Å². The third-order valence-corrected chi connectivity index (χ3v) is 2.21. The van der Waals surface area contributed by atoms with Crippen LogP contribution < -0.4 is 0 Å². The smallest absolute Gasteiger partial charge is 0.374 e. The summed E-state index contributed by atoms with van der Waals surface area (Å²) >= 11 is 0. The van der Waals surface area contributed by atoms with Crippen molar-refractivity contribution in [2.45, 2.75) is 32.6 Å². The van der Waals surface area contributed by atoms with Gasteiger partial charge in [0, 0.05) is 6.92 Å². The van der Waals surface area contributed by atoms with Gasteiger partial charge >= 0.3 is 5.97 Å². The number of ether oxygens (including phenoxy) is 1. The van der Waals surface area contributed by atoms with Crippen LogP contribution in [0.3, 0.4) is 0 Å². The van der Waals surface area contributed by atoms with Crippen LogP contribution in [0, 0.1) is 5.92 Å². The predicted octanol–water partition coefficient (Wildman–Crippen LogP) is 1.31. The van der Waals surface area contributed by atoms with Crippen LogP contribution in [0.25, 0.3) is 0 Å². The fourth-order valence-corrected chi connectivity index (χ4v) is 1.47. The molecule has 0 amide bonds. The minimum atomic E-state index is -0.693. The number of ketones is 1. The molecule has 0 spiro atoms. The molecule has 0 radical (unpaired) electrons. The monoisotopic (exact) mass is 170 g/mol. The highest BCUT2D eigenvalue weighted by atomic mass is 16.5. The van der Waals surface area contributed by atoms with E-state index in [-0.39, 0.29) is 0 Å². The van der Waals surface area contributed by atoms with Crippen molar-refractivity contribution in [1.29, 1.82) is 0 Å². The minimum absolute atomic E-state index is 0.429. The lowest BCUT2D eigenvalue weighted by Gasteiger charge is -2.07. The van der Waals surface area contributed by atoms with Crippen molar-refractivity contribution < 1.29 is 14.3 Å². The molecule has 0 unspecified atom stereocenters. The van der Waals surface area contributed by atoms with E-state index in [1.54, 1.807) is 0 Å². The number of hydrogen-bond acceptors (Lipinski definition) is 3. The number of rotatable bonds is 3. The van der Waals surface area contributed by atoms with Crippen molar-refractivity contribution >= 4 is 11.8 Å². The Labute approximate surface area is 72.1 Å². The van der Waals surface area contributed by atoms with Gasteiger partial charge in [0.2, 0.25) is 5.78 Å². The maximum absolute atomic E-state index is 10.7. The summed E-state index contributed by atoms with van der Waals surface area (Å²) in [5.74, 6) is -0.705. The predicted molar refractivity (Wildman–Crippen MR) is 43.6 cm³/mol. The second-order valence-corrected chi connectivity index (χ2v) is 3.31. The van der Waals surface area contributed by atoms with Crippen molar-refractivity contribution in [2.75, 3.05) is 6.61 Å². The largest absolute Gasteiger partial charge is 0.460 e. The molecule has 1 saturated carbocycles. The van der Waals surface area contributed by atoms with E-state index in [0.717, 1.165) is 12.8 Å². The Hall–Kier alpha value is -0.860. The molecule has 0 saturated heterocycles. The number of esters is 1. The lowest BCUT2D eigenvalue weighted by Crippen LogP contribution is -2.17. The van der Waals surface area contributed by atoms with E-state index in [2.05, 4.69) is 0 Å². The molecule has 0 aliphatic heterocycles. The molecule has 1 rings (SSSR count). The minimum Gasteiger partial charge on any atom is -0.460 e. The van der Waals surface area contributed by atoms with Gasteiger partial charge in [-0.15, -0.1) is 0 Å². The summed E-state index contributed by atoms with van der Waals surface area (Å²) in [6.45, 7) is 1.66. The Morgan fingerprint density at radius 1 is 1.33 bits per heavy atom. The molecule has 1 fully saturated rings. The van der Waals surface area contributed by atoms with Gasteiger partial charge in [0.05, 0.1) is 6.61 Å². The van der Waals surface area contributed by atoms with Gasteiger partial charge in [-0.05, 0) is 18.8 Å². The normalized spacial score (nSPS) is 17.8. The van der Waals surface area contributed by atoms with E-state index >= 15 is 0 Å². The highest BCUT2D eigenvalue weighted by Gasteiger charge is 2.18. The van der Waals surface area contributed by atoms with Gasteiger partial charge in [0.1, 0.15) is 0 Å². The number of carbonyl (C=O) groups is 2. The van der Waals surface area contributed by atoms with Gasteiger partial charge in [-0.25, -0.2) is 4.79 Å². The summed E-state index contributed by atoms with van der Waals surface area (Å²) < 4.78 is 4.80. The summed E-state index contributed by atoms with van der Waals surface area (Å²) in [7, 11) is 0. The van der Waals surface area contributed by atoms with Gasteiger partial charge in [0.25, 0.3) is 0 Å². The number of Topliss-reactive ketones (excluding diaryl/α,β-unsaturated/α-hetero) is 1. The fourth-order valence-electron chi connectivity index (χ4n) is 1.47. The zero-order valence-electron chi connectivity index (χ0n) is 7.34. The van der Waals surface area contributed by atoms with E-state index in [1.165, 1.54) is 19.8 Å². The van der Waals surface area contributed by atoms with Gasteiger partial charge in [-0.3, -0.25) is 4.79 Å². The van der Waals surface area contributed by atoms with Crippen LogP contribution in [-0.2, 0) is 14.3 Å². The summed E-state index contributed by atoms with van der Waals surface area (Å²) in [5.41, 5.74) is 0. The van der Waals surface area contributed by atoms with Gasteiger partial charge in [-0.2, -0.15) is 0 Å². The number of carbonyl (C=O) groups excluding carboxylic acids is 2. The molecule has 1 aliphatic rings. The SMILES string of the molecule is CC(=O)C(=O)OCC1CCCC1. The van der Waals surface area contributed by atoms with Crippen LogP contribution >= 0.6 is 0 Å². The molecule has 0 N–H and O–H groups in total. The van der Waals surface area contributed by atoms with Crippen LogP contribution in [0.5, 0.6) is 0 Å². The molecule has 0 aromatic carbocycles. The molecule has 12 heavy (non-hydrogen) atoms. The molecule has 1 aliphatic carbocycles. The Bertz CT molecular complexity index is 180. The molecule has 3 heteroatoms. The van der Waals surface area contributed by atoms with E-state index in [4.69, 9.17) is 4.74 Å². The van der Waals surface area contributed by atoms with E-state index in [0.29, 0.717) is 12.5 Å². The first-order valence-electron chi connectivity index (χ1n) is 4.38. The zero-order chi connectivity index (χ0) is 8.97. The molecule has 68 valence electrons. The van der Waals surface area contributed by atoms with Crippen molar-refractivity contribution in [2.24, 2.45) is 5.92 Å². The van der Waals surface area contributed by atoms with Crippen LogP contribution in [0.2, 0.25) is 0 Å². The lowest BCUT2D eigenvalue weighted by molar-refractivity contribution is -0.153. The molecule has 0 bridgehead atoms. The molecule has 0 heterocycles. The first kappa shape index (κ1) is 9.23. The first-order chi connectivity index (χ1) is 5.70. The summed E-state index contributed by atoms with van der Waals surface area (Å²) in [4.78, 5) is 21.2. The second kappa shape index (κ2) is 4.24. The Morgan fingerprint density at radius 2 is 1.92 bits per heavy atom. The number of hydrogen-bond donors (Lipinski definition) is 0. The molecular formula is C9H14O3. The van der Waals surface area contributed by atoms with Crippen molar-refractivity contribution in [3.63, 3.8) is 0 Å². The molecule has 0 atom stereocenters. The molecule has 0 aromatic heterocycles. The van der Waals surface area contributed by atoms with E-state index in [9.17, 15) is 9.59 Å². The van der Waals surface area contributed by atoms with E-state index < -0.39 is 11.8 Å². The van der Waals surface area contributed by atoms with E-state index in [1.807, 2.05) is 0 Å². The molecular weight excluding hydrogens is 156 g/mol. The van der Waals surface area contributed by atoms with Crippen molar-refractivity contribution in [3.8, 4) is 0 Å². The Kier molecular flexibility index (Phi) is 3.26. The maximum Gasteiger partial charge on any atom is 0.374 e.